The molecule has 0 aliphatic heterocycles. The van der Waals surface area contributed by atoms with Gasteiger partial charge in [0.15, 0.2) is 9.84 Å². The fourth-order valence-electron chi connectivity index (χ4n) is 1.11. The smallest absolute Gasteiger partial charge is 0.397 e. The molecule has 1 rings (SSSR count). The molecule has 0 aliphatic rings. The summed E-state index contributed by atoms with van der Waals surface area (Å²) in [5.74, 6) is -0.602. The van der Waals surface area contributed by atoms with E-state index in [9.17, 15) is 16.8 Å². The van der Waals surface area contributed by atoms with Gasteiger partial charge in [-0.3, -0.25) is 4.55 Å². The number of benzene rings is 1. The molecule has 0 aliphatic carbocycles. The van der Waals surface area contributed by atoms with Gasteiger partial charge in [0.2, 0.25) is 0 Å². The Kier molecular flexibility index (Phi) is 5.37. The zero-order chi connectivity index (χ0) is 14.8. The van der Waals surface area contributed by atoms with E-state index in [4.69, 9.17) is 10.3 Å². The van der Waals surface area contributed by atoms with Gasteiger partial charge < -0.3 is 5.73 Å². The maximum absolute atomic E-state index is 11.9. The van der Waals surface area contributed by atoms with E-state index in [0.29, 0.717) is 14.6 Å². The van der Waals surface area contributed by atoms with Crippen molar-refractivity contribution in [2.75, 3.05) is 18.1 Å². The Bertz CT molecular complexity index is 662. The average molecular weight is 439 g/mol. The second-order valence-electron chi connectivity index (χ2n) is 3.37. The Morgan fingerprint density at radius 3 is 2.05 bits per heavy atom. The summed E-state index contributed by atoms with van der Waals surface area (Å²) in [5, 5.41) is 0. The van der Waals surface area contributed by atoms with Crippen LogP contribution in [0.4, 0.5) is 5.69 Å². The largest absolute Gasteiger partial charge is 0.397 e. The zero-order valence-electron chi connectivity index (χ0n) is 9.21. The van der Waals surface area contributed by atoms with Crippen LogP contribution in [0.3, 0.4) is 0 Å². The molecule has 11 heteroatoms. The molecular formula is C8H9Br2NO6S2. The van der Waals surface area contributed by atoms with E-state index >= 15 is 0 Å². The maximum atomic E-state index is 11.9. The first kappa shape index (κ1) is 16.9. The Morgan fingerprint density at radius 2 is 1.63 bits per heavy atom. The first-order valence-electron chi connectivity index (χ1n) is 4.62. The molecule has 0 amide bonds. The number of nitrogens with two attached hydrogens (primary N) is 1. The third-order valence-electron chi connectivity index (χ3n) is 2.00. The first-order valence-corrected chi connectivity index (χ1v) is 9.22. The van der Waals surface area contributed by atoms with E-state index in [1.807, 2.05) is 0 Å². The highest BCUT2D eigenvalue weighted by Crippen LogP contribution is 2.31. The second-order valence-corrected chi connectivity index (χ2v) is 8.28. The summed E-state index contributed by atoms with van der Waals surface area (Å²) in [7, 11) is -8.42. The average Bonchev–Trinajstić information content (AvgIpc) is 2.22. The van der Waals surface area contributed by atoms with Gasteiger partial charge in [0.1, 0.15) is 0 Å². The molecule has 0 radical (unpaired) electrons. The van der Waals surface area contributed by atoms with E-state index in [2.05, 4.69) is 36.0 Å². The molecule has 0 unspecified atom stereocenters. The molecule has 19 heavy (non-hydrogen) atoms. The molecule has 1 aromatic carbocycles. The lowest BCUT2D eigenvalue weighted by Gasteiger charge is -2.08. The number of halogens is 2. The summed E-state index contributed by atoms with van der Waals surface area (Å²) in [4.78, 5) is -0.0561. The molecule has 108 valence electrons. The number of sulfone groups is 1. The molecule has 7 nitrogen and oxygen atoms in total. The molecule has 0 spiro atoms. The van der Waals surface area contributed by atoms with Crippen molar-refractivity contribution in [3.63, 3.8) is 0 Å². The van der Waals surface area contributed by atoms with Crippen LogP contribution >= 0.6 is 31.9 Å². The summed E-state index contributed by atoms with van der Waals surface area (Å²) in [6.45, 7) is -0.680. The third kappa shape index (κ3) is 5.00. The Labute approximate surface area is 127 Å². The van der Waals surface area contributed by atoms with E-state index in [-0.39, 0.29) is 4.90 Å². The normalized spacial score (nSPS) is 12.6. The van der Waals surface area contributed by atoms with Crippen LogP contribution in [0.2, 0.25) is 0 Å². The Hall–Kier alpha value is -0.200. The van der Waals surface area contributed by atoms with Crippen LogP contribution in [0, 0.1) is 0 Å². The minimum absolute atomic E-state index is 0.0561. The molecule has 0 saturated heterocycles. The fraction of sp³-hybridized carbons (Fsp3) is 0.250. The minimum Gasteiger partial charge on any atom is -0.397 e. The van der Waals surface area contributed by atoms with E-state index in [1.165, 1.54) is 12.1 Å². The van der Waals surface area contributed by atoms with E-state index < -0.39 is 32.6 Å². The minimum atomic E-state index is -4.65. The molecule has 0 fully saturated rings. The zero-order valence-corrected chi connectivity index (χ0v) is 14.0. The highest BCUT2D eigenvalue weighted by Gasteiger charge is 2.18. The summed E-state index contributed by atoms with van der Waals surface area (Å²) in [6, 6.07) is 2.59. The van der Waals surface area contributed by atoms with Gasteiger partial charge in [-0.15, -0.1) is 0 Å². The molecule has 1 aromatic rings. The van der Waals surface area contributed by atoms with Gasteiger partial charge >= 0.3 is 10.4 Å². The van der Waals surface area contributed by atoms with Gasteiger partial charge in [-0.1, -0.05) is 0 Å². The summed E-state index contributed by atoms with van der Waals surface area (Å²) < 4.78 is 57.5. The predicted molar refractivity (Wildman–Crippen MR) is 75.8 cm³/mol. The lowest BCUT2D eigenvalue weighted by atomic mass is 10.3. The standard InChI is InChI=1S/C8H9Br2NO6S2/c9-6-3-5(4-7(10)8(6)11)18(12,13)2-1-17-19(14,15)16/h3-4H,1-2,11H2,(H,14,15,16). The molecular weight excluding hydrogens is 430 g/mol. The topological polar surface area (TPSA) is 124 Å². The first-order chi connectivity index (χ1) is 8.53. The summed E-state index contributed by atoms with van der Waals surface area (Å²) >= 11 is 6.21. The van der Waals surface area contributed by atoms with Crippen molar-refractivity contribution in [2.45, 2.75) is 4.90 Å². The molecule has 0 bridgehead atoms. The molecule has 0 saturated carbocycles. The van der Waals surface area contributed by atoms with Gasteiger partial charge in [0.05, 0.1) is 22.9 Å². The van der Waals surface area contributed by atoms with Crippen LogP contribution in [0.5, 0.6) is 0 Å². The van der Waals surface area contributed by atoms with Gasteiger partial charge in [-0.05, 0) is 44.0 Å². The van der Waals surface area contributed by atoms with Crippen molar-refractivity contribution in [2.24, 2.45) is 0 Å². The molecule has 0 aromatic heterocycles. The molecule has 3 N–H and O–H groups in total. The van der Waals surface area contributed by atoms with Crippen LogP contribution in [0.25, 0.3) is 0 Å². The second kappa shape index (κ2) is 6.06. The summed E-state index contributed by atoms with van der Waals surface area (Å²) in [6.07, 6.45) is 0. The van der Waals surface area contributed by atoms with Gasteiger partial charge in [-0.2, -0.15) is 8.42 Å². The van der Waals surface area contributed by atoms with Crippen molar-refractivity contribution >= 4 is 57.8 Å². The third-order valence-corrected chi connectivity index (χ3v) is 5.43. The quantitative estimate of drug-likeness (QED) is 0.525. The number of rotatable bonds is 5. The van der Waals surface area contributed by atoms with Gasteiger partial charge in [-0.25, -0.2) is 12.6 Å². The van der Waals surface area contributed by atoms with Crippen LogP contribution in [0.1, 0.15) is 0 Å². The van der Waals surface area contributed by atoms with Crippen molar-refractivity contribution in [3.05, 3.63) is 21.1 Å². The SMILES string of the molecule is Nc1c(Br)cc(S(=O)(=O)CCOS(=O)(=O)O)cc1Br. The highest BCUT2D eigenvalue weighted by atomic mass is 79.9. The van der Waals surface area contributed by atoms with Gasteiger partial charge in [0, 0.05) is 8.95 Å². The highest BCUT2D eigenvalue weighted by molar-refractivity contribution is 9.11. The van der Waals surface area contributed by atoms with Crippen LogP contribution in [-0.2, 0) is 24.4 Å². The van der Waals surface area contributed by atoms with Crippen LogP contribution in [0.15, 0.2) is 26.0 Å². The van der Waals surface area contributed by atoms with Crippen LogP contribution < -0.4 is 5.73 Å². The van der Waals surface area contributed by atoms with Crippen molar-refractivity contribution in [3.8, 4) is 0 Å². The number of nitrogen functional groups attached to an aromatic ring is 1. The number of hydrogen-bond acceptors (Lipinski definition) is 6. The lowest BCUT2D eigenvalue weighted by molar-refractivity contribution is 0.284. The van der Waals surface area contributed by atoms with Gasteiger partial charge in [0.25, 0.3) is 0 Å². The Balaban J connectivity index is 2.95. The predicted octanol–water partition coefficient (Wildman–Crippen LogP) is 1.39. The molecule has 0 atom stereocenters. The Morgan fingerprint density at radius 1 is 1.16 bits per heavy atom. The number of hydrogen-bond donors (Lipinski definition) is 2. The van der Waals surface area contributed by atoms with Crippen molar-refractivity contribution in [1.82, 2.24) is 0 Å². The number of anilines is 1. The molecule has 0 heterocycles. The van der Waals surface area contributed by atoms with Crippen molar-refractivity contribution < 1.29 is 25.6 Å². The van der Waals surface area contributed by atoms with Crippen LogP contribution in [-0.4, -0.2) is 33.7 Å². The van der Waals surface area contributed by atoms with Crippen molar-refractivity contribution in [1.29, 1.82) is 0 Å². The van der Waals surface area contributed by atoms with E-state index in [0.717, 1.165) is 0 Å². The summed E-state index contributed by atoms with van der Waals surface area (Å²) in [5.41, 5.74) is 5.97. The van der Waals surface area contributed by atoms with E-state index in [1.54, 1.807) is 0 Å². The maximum Gasteiger partial charge on any atom is 0.397 e. The fourth-order valence-corrected chi connectivity index (χ4v) is 4.13. The monoisotopic (exact) mass is 437 g/mol. The lowest BCUT2D eigenvalue weighted by Crippen LogP contribution is -2.15.